The molecular weight excluding hydrogens is 480 g/mol. The fourth-order valence-corrected chi connectivity index (χ4v) is 5.29. The second-order valence-electron chi connectivity index (χ2n) is 9.56. The summed E-state index contributed by atoms with van der Waals surface area (Å²) in [6.45, 7) is 5.30. The van der Waals surface area contributed by atoms with Gasteiger partial charge in [0.2, 0.25) is 0 Å². The molecule has 3 rings (SSSR count). The van der Waals surface area contributed by atoms with Crippen LogP contribution in [0.2, 0.25) is 0 Å². The number of fused-ring (bicyclic) bond motifs is 1. The molecule has 0 aliphatic rings. The SMILES string of the molecule is CCC[C@](C(=O)NN)(C(=O)C(C)N)c1c([C@H](C/C=C/c2ccccc2)C(=O)NO)cc(C)c2ccccc12. The summed E-state index contributed by atoms with van der Waals surface area (Å²) in [5.41, 5.74) is 11.0. The summed E-state index contributed by atoms with van der Waals surface area (Å²) >= 11 is 0. The number of hydrogen-bond acceptors (Lipinski definition) is 6. The van der Waals surface area contributed by atoms with Gasteiger partial charge in [-0.15, -0.1) is 0 Å². The summed E-state index contributed by atoms with van der Waals surface area (Å²) in [6.07, 6.45) is 4.51. The highest BCUT2D eigenvalue weighted by Gasteiger charge is 2.50. The number of ketones is 1. The van der Waals surface area contributed by atoms with E-state index in [0.717, 1.165) is 16.5 Å². The molecule has 38 heavy (non-hydrogen) atoms. The number of hydrazine groups is 1. The minimum absolute atomic E-state index is 0.129. The maximum Gasteiger partial charge on any atom is 0.252 e. The van der Waals surface area contributed by atoms with E-state index in [1.807, 2.05) is 86.7 Å². The second kappa shape index (κ2) is 12.6. The molecule has 0 aliphatic carbocycles. The van der Waals surface area contributed by atoms with E-state index in [4.69, 9.17) is 11.6 Å². The number of carbonyl (C=O) groups excluding carboxylic acids is 3. The quantitative estimate of drug-likeness (QED) is 0.0861. The summed E-state index contributed by atoms with van der Waals surface area (Å²) in [5, 5.41) is 11.2. The lowest BCUT2D eigenvalue weighted by Crippen LogP contribution is -2.57. The van der Waals surface area contributed by atoms with Gasteiger partial charge < -0.3 is 5.73 Å². The number of benzene rings is 3. The molecule has 0 saturated carbocycles. The Bertz CT molecular complexity index is 1340. The van der Waals surface area contributed by atoms with Crippen LogP contribution in [0.25, 0.3) is 16.8 Å². The first-order chi connectivity index (χ1) is 18.2. The normalized spacial score (nSPS) is 14.6. The molecular formula is C30H36N4O4. The lowest BCUT2D eigenvalue weighted by molar-refractivity contribution is -0.138. The van der Waals surface area contributed by atoms with Crippen LogP contribution >= 0.6 is 0 Å². The molecule has 0 heterocycles. The highest BCUT2D eigenvalue weighted by atomic mass is 16.5. The zero-order valence-electron chi connectivity index (χ0n) is 22.0. The Morgan fingerprint density at radius 1 is 1.05 bits per heavy atom. The monoisotopic (exact) mass is 516 g/mol. The van der Waals surface area contributed by atoms with Gasteiger partial charge in [0.05, 0.1) is 12.0 Å². The molecule has 0 aliphatic heterocycles. The molecule has 0 spiro atoms. The van der Waals surface area contributed by atoms with Gasteiger partial charge in [0.15, 0.2) is 5.78 Å². The molecule has 2 amide bonds. The van der Waals surface area contributed by atoms with E-state index in [9.17, 15) is 19.6 Å². The summed E-state index contributed by atoms with van der Waals surface area (Å²) in [5.74, 6) is 2.90. The predicted octanol–water partition coefficient (Wildman–Crippen LogP) is 3.78. The van der Waals surface area contributed by atoms with Gasteiger partial charge in [-0.2, -0.15) is 0 Å². The fourth-order valence-electron chi connectivity index (χ4n) is 5.29. The Kier molecular flexibility index (Phi) is 9.52. The van der Waals surface area contributed by atoms with Crippen LogP contribution in [0.1, 0.15) is 61.3 Å². The van der Waals surface area contributed by atoms with E-state index in [2.05, 4.69) is 5.43 Å². The Labute approximate surface area is 223 Å². The topological polar surface area (TPSA) is 148 Å². The zero-order chi connectivity index (χ0) is 27.9. The molecule has 0 fully saturated rings. The third kappa shape index (κ3) is 5.52. The number of rotatable bonds is 11. The van der Waals surface area contributed by atoms with Crippen LogP contribution in [0, 0.1) is 6.92 Å². The van der Waals surface area contributed by atoms with Gasteiger partial charge in [0, 0.05) is 0 Å². The van der Waals surface area contributed by atoms with E-state index in [1.165, 1.54) is 6.92 Å². The smallest absolute Gasteiger partial charge is 0.252 e. The van der Waals surface area contributed by atoms with Crippen molar-refractivity contribution in [1.29, 1.82) is 0 Å². The number of amides is 2. The summed E-state index contributed by atoms with van der Waals surface area (Å²) < 4.78 is 0. The maximum atomic E-state index is 13.9. The van der Waals surface area contributed by atoms with Crippen molar-refractivity contribution in [2.45, 2.75) is 57.4 Å². The van der Waals surface area contributed by atoms with E-state index in [1.54, 1.807) is 5.48 Å². The maximum absolute atomic E-state index is 13.9. The van der Waals surface area contributed by atoms with Crippen molar-refractivity contribution < 1.29 is 19.6 Å². The number of Topliss-reactive ketones (excluding diaryl/α,β-unsaturated/α-hetero) is 1. The van der Waals surface area contributed by atoms with Crippen LogP contribution in [0.5, 0.6) is 0 Å². The zero-order valence-corrected chi connectivity index (χ0v) is 22.0. The van der Waals surface area contributed by atoms with E-state index >= 15 is 0 Å². The van der Waals surface area contributed by atoms with E-state index < -0.39 is 35.0 Å². The second-order valence-corrected chi connectivity index (χ2v) is 9.56. The van der Waals surface area contributed by atoms with E-state index in [-0.39, 0.29) is 12.8 Å². The minimum atomic E-state index is -1.75. The van der Waals surface area contributed by atoms with Crippen LogP contribution in [-0.2, 0) is 19.8 Å². The lowest BCUT2D eigenvalue weighted by atomic mass is 9.65. The van der Waals surface area contributed by atoms with Crippen molar-refractivity contribution >= 4 is 34.4 Å². The highest BCUT2D eigenvalue weighted by Crippen LogP contribution is 2.43. The Balaban J connectivity index is 2.40. The van der Waals surface area contributed by atoms with Crippen molar-refractivity contribution in [3.63, 3.8) is 0 Å². The molecule has 8 nitrogen and oxygen atoms in total. The van der Waals surface area contributed by atoms with Gasteiger partial charge in [-0.1, -0.05) is 86.2 Å². The van der Waals surface area contributed by atoms with Crippen LogP contribution in [-0.4, -0.2) is 28.8 Å². The predicted molar refractivity (Wildman–Crippen MR) is 149 cm³/mol. The van der Waals surface area contributed by atoms with Crippen LogP contribution in [0.4, 0.5) is 0 Å². The number of hydroxylamine groups is 1. The van der Waals surface area contributed by atoms with Crippen LogP contribution < -0.4 is 22.5 Å². The lowest BCUT2D eigenvalue weighted by Gasteiger charge is -2.36. The Morgan fingerprint density at radius 2 is 1.68 bits per heavy atom. The number of allylic oxidation sites excluding steroid dienone is 1. The average molecular weight is 517 g/mol. The molecule has 8 heteroatoms. The molecule has 0 radical (unpaired) electrons. The van der Waals surface area contributed by atoms with E-state index in [0.29, 0.717) is 22.9 Å². The Hall–Kier alpha value is -3.85. The first kappa shape index (κ1) is 28.7. The fraction of sp³-hybridized carbons (Fsp3) is 0.300. The van der Waals surface area contributed by atoms with Gasteiger partial charge >= 0.3 is 0 Å². The molecule has 200 valence electrons. The average Bonchev–Trinajstić information content (AvgIpc) is 2.93. The van der Waals surface area contributed by atoms with Gasteiger partial charge in [0.1, 0.15) is 5.41 Å². The van der Waals surface area contributed by atoms with Crippen molar-refractivity contribution in [3.05, 3.63) is 89.0 Å². The summed E-state index contributed by atoms with van der Waals surface area (Å²) in [4.78, 5) is 40.7. The molecule has 7 N–H and O–H groups in total. The molecule has 0 aromatic heterocycles. The first-order valence-corrected chi connectivity index (χ1v) is 12.7. The molecule has 1 unspecified atom stereocenters. The summed E-state index contributed by atoms with van der Waals surface area (Å²) in [6, 6.07) is 17.9. The molecule has 3 aromatic rings. The Morgan fingerprint density at radius 3 is 2.26 bits per heavy atom. The first-order valence-electron chi connectivity index (χ1n) is 12.7. The van der Waals surface area contributed by atoms with Crippen LogP contribution in [0.3, 0.4) is 0 Å². The third-order valence-corrected chi connectivity index (χ3v) is 6.97. The summed E-state index contributed by atoms with van der Waals surface area (Å²) in [7, 11) is 0. The molecule has 3 aromatic carbocycles. The number of aryl methyl sites for hydroxylation is 1. The number of nitrogens with two attached hydrogens (primary N) is 2. The van der Waals surface area contributed by atoms with Gasteiger partial charge in [0.25, 0.3) is 11.8 Å². The number of hydrogen-bond donors (Lipinski definition) is 5. The third-order valence-electron chi connectivity index (χ3n) is 6.97. The van der Waals surface area contributed by atoms with Crippen LogP contribution in [0.15, 0.2) is 66.7 Å². The molecule has 0 bridgehead atoms. The van der Waals surface area contributed by atoms with Gasteiger partial charge in [-0.3, -0.25) is 25.0 Å². The van der Waals surface area contributed by atoms with Gasteiger partial charge in [-0.05, 0) is 59.7 Å². The molecule has 3 atom stereocenters. The van der Waals surface area contributed by atoms with Crippen molar-refractivity contribution in [3.8, 4) is 0 Å². The standard InChI is InChI=1S/C30H36N4O4/c1-4-17-30(29(37)33-32,27(35)20(3)31)26-23-15-9-8-14-22(23)19(2)18-25(26)24(28(36)34-38)16-10-13-21-11-6-5-7-12-21/h5-15,18,20,24,38H,4,16-17,31-32H2,1-3H3,(H,33,37)(H,34,36)/b13-10+/t20?,24-,30+/m0/s1. The number of carbonyl (C=O) groups is 3. The van der Waals surface area contributed by atoms with Crippen molar-refractivity contribution in [2.75, 3.05) is 0 Å². The molecule has 0 saturated heterocycles. The largest absolute Gasteiger partial charge is 0.322 e. The highest BCUT2D eigenvalue weighted by molar-refractivity contribution is 6.16. The van der Waals surface area contributed by atoms with Gasteiger partial charge in [-0.25, -0.2) is 11.3 Å². The van der Waals surface area contributed by atoms with Crippen molar-refractivity contribution in [2.24, 2.45) is 11.6 Å². The minimum Gasteiger partial charge on any atom is -0.322 e. The van der Waals surface area contributed by atoms with Crippen molar-refractivity contribution in [1.82, 2.24) is 10.9 Å². The number of nitrogens with one attached hydrogen (secondary N) is 2.